The Morgan fingerprint density at radius 3 is 2.92 bits per heavy atom. The average Bonchev–Trinajstić information content (AvgIpc) is 2.65. The summed E-state index contributed by atoms with van der Waals surface area (Å²) in [6.07, 6.45) is 5.64. The van der Waals surface area contributed by atoms with Crippen molar-refractivity contribution < 1.29 is 14.3 Å². The van der Waals surface area contributed by atoms with Gasteiger partial charge in [0.2, 0.25) is 0 Å². The van der Waals surface area contributed by atoms with Gasteiger partial charge in [0.15, 0.2) is 6.10 Å². The number of piperidine rings is 1. The zero-order valence-electron chi connectivity index (χ0n) is 15.8. The fourth-order valence-electron chi connectivity index (χ4n) is 3.39. The topological polar surface area (TPSA) is 50.8 Å². The van der Waals surface area contributed by atoms with Crippen LogP contribution < -0.4 is 14.8 Å². The first kappa shape index (κ1) is 19.6. The summed E-state index contributed by atoms with van der Waals surface area (Å²) in [6.45, 7) is 6.98. The maximum Gasteiger partial charge on any atom is 0.260 e. The molecule has 2 rings (SSSR count). The Labute approximate surface area is 151 Å². The van der Waals surface area contributed by atoms with Gasteiger partial charge in [-0.25, -0.2) is 0 Å². The van der Waals surface area contributed by atoms with Crippen LogP contribution in [0.15, 0.2) is 24.3 Å². The zero-order chi connectivity index (χ0) is 18.1. The van der Waals surface area contributed by atoms with E-state index >= 15 is 0 Å². The summed E-state index contributed by atoms with van der Waals surface area (Å²) >= 11 is 0. The number of hydrogen-bond donors (Lipinski definition) is 1. The lowest BCUT2D eigenvalue weighted by Crippen LogP contribution is -2.41. The first-order chi connectivity index (χ1) is 12.1. The fraction of sp³-hybridized carbons (Fsp3) is 0.650. The van der Waals surface area contributed by atoms with Gasteiger partial charge in [-0.1, -0.05) is 19.4 Å². The number of rotatable bonds is 9. The summed E-state index contributed by atoms with van der Waals surface area (Å²) in [5.41, 5.74) is 0. The summed E-state index contributed by atoms with van der Waals surface area (Å²) < 4.78 is 10.9. The Bertz CT molecular complexity index is 535. The number of nitrogens with one attached hydrogen (secondary N) is 1. The molecule has 2 atom stereocenters. The van der Waals surface area contributed by atoms with Crippen LogP contribution in [-0.2, 0) is 4.79 Å². The highest BCUT2D eigenvalue weighted by Gasteiger charge is 2.20. The lowest BCUT2D eigenvalue weighted by Gasteiger charge is -2.35. The van der Waals surface area contributed by atoms with E-state index in [2.05, 4.69) is 17.1 Å². The van der Waals surface area contributed by atoms with Gasteiger partial charge in [0.05, 0.1) is 7.11 Å². The zero-order valence-corrected chi connectivity index (χ0v) is 15.8. The number of nitrogens with zero attached hydrogens (tertiary/aromatic N) is 1. The van der Waals surface area contributed by atoms with Crippen molar-refractivity contribution in [3.05, 3.63) is 24.3 Å². The molecule has 1 N–H and O–H groups in total. The van der Waals surface area contributed by atoms with Crippen LogP contribution in [0.4, 0.5) is 0 Å². The number of likely N-dealkylation sites (tertiary alicyclic amines) is 1. The van der Waals surface area contributed by atoms with Crippen molar-refractivity contribution in [2.45, 2.75) is 58.1 Å². The monoisotopic (exact) mass is 348 g/mol. The largest absolute Gasteiger partial charge is 0.497 e. The molecule has 1 aromatic carbocycles. The fourth-order valence-corrected chi connectivity index (χ4v) is 3.39. The first-order valence-electron chi connectivity index (χ1n) is 9.46. The van der Waals surface area contributed by atoms with Gasteiger partial charge < -0.3 is 19.7 Å². The second-order valence-corrected chi connectivity index (χ2v) is 6.68. The summed E-state index contributed by atoms with van der Waals surface area (Å²) in [6, 6.07) is 8.03. The number of carbonyl (C=O) groups excluding carboxylic acids is 1. The molecule has 1 amide bonds. The Hall–Kier alpha value is -1.75. The van der Waals surface area contributed by atoms with E-state index in [-0.39, 0.29) is 5.91 Å². The van der Waals surface area contributed by atoms with Crippen molar-refractivity contribution in [3.8, 4) is 11.5 Å². The van der Waals surface area contributed by atoms with E-state index in [4.69, 9.17) is 9.47 Å². The number of benzene rings is 1. The van der Waals surface area contributed by atoms with E-state index in [0.717, 1.165) is 24.8 Å². The second kappa shape index (κ2) is 10.3. The van der Waals surface area contributed by atoms with Gasteiger partial charge in [-0.15, -0.1) is 0 Å². The number of hydrogen-bond acceptors (Lipinski definition) is 4. The van der Waals surface area contributed by atoms with Gasteiger partial charge in [-0.2, -0.15) is 0 Å². The van der Waals surface area contributed by atoms with Gasteiger partial charge >= 0.3 is 0 Å². The highest BCUT2D eigenvalue weighted by Crippen LogP contribution is 2.20. The van der Waals surface area contributed by atoms with Crippen molar-refractivity contribution in [2.24, 2.45) is 0 Å². The van der Waals surface area contributed by atoms with E-state index in [1.807, 2.05) is 18.2 Å². The van der Waals surface area contributed by atoms with E-state index in [1.54, 1.807) is 20.1 Å². The Morgan fingerprint density at radius 1 is 1.36 bits per heavy atom. The van der Waals surface area contributed by atoms with Crippen molar-refractivity contribution in [1.29, 1.82) is 0 Å². The third kappa shape index (κ3) is 6.24. The molecule has 25 heavy (non-hydrogen) atoms. The lowest BCUT2D eigenvalue weighted by molar-refractivity contribution is -0.127. The first-order valence-corrected chi connectivity index (χ1v) is 9.46. The second-order valence-electron chi connectivity index (χ2n) is 6.68. The molecule has 0 aliphatic carbocycles. The van der Waals surface area contributed by atoms with Crippen LogP contribution >= 0.6 is 0 Å². The van der Waals surface area contributed by atoms with Crippen molar-refractivity contribution in [3.63, 3.8) is 0 Å². The molecule has 5 heteroatoms. The van der Waals surface area contributed by atoms with Crippen LogP contribution in [0.2, 0.25) is 0 Å². The molecule has 1 heterocycles. The molecule has 0 aromatic heterocycles. The van der Waals surface area contributed by atoms with Gasteiger partial charge in [-0.05, 0) is 51.3 Å². The molecule has 0 bridgehead atoms. The predicted octanol–water partition coefficient (Wildman–Crippen LogP) is 3.23. The molecule has 1 aliphatic rings. The van der Waals surface area contributed by atoms with E-state index in [9.17, 15) is 4.79 Å². The molecular weight excluding hydrogens is 316 g/mol. The van der Waals surface area contributed by atoms with E-state index < -0.39 is 6.10 Å². The van der Waals surface area contributed by atoms with Crippen LogP contribution in [0.3, 0.4) is 0 Å². The molecular formula is C20H32N2O3. The summed E-state index contributed by atoms with van der Waals surface area (Å²) in [5.74, 6) is 1.28. The Balaban J connectivity index is 1.68. The van der Waals surface area contributed by atoms with Gasteiger partial charge in [0.1, 0.15) is 11.5 Å². The smallest absolute Gasteiger partial charge is 0.260 e. The Morgan fingerprint density at radius 2 is 2.16 bits per heavy atom. The normalized spacial score (nSPS) is 19.2. The van der Waals surface area contributed by atoms with Crippen LogP contribution in [0.1, 0.15) is 46.0 Å². The molecule has 140 valence electrons. The third-order valence-corrected chi connectivity index (χ3v) is 4.86. The maximum atomic E-state index is 12.2. The maximum absolute atomic E-state index is 12.2. The number of carbonyl (C=O) groups is 1. The number of methoxy groups -OCH3 is 1. The molecule has 1 aliphatic heterocycles. The average molecular weight is 348 g/mol. The van der Waals surface area contributed by atoms with Crippen LogP contribution in [0.5, 0.6) is 11.5 Å². The van der Waals surface area contributed by atoms with Crippen LogP contribution in [0.25, 0.3) is 0 Å². The van der Waals surface area contributed by atoms with Crippen LogP contribution in [-0.4, -0.2) is 49.7 Å². The SMILES string of the molecule is CC[C@H]1CCCCN1CCCNC(=O)[C@@H](C)Oc1cccc(OC)c1. The third-order valence-electron chi connectivity index (χ3n) is 4.86. The summed E-state index contributed by atoms with van der Waals surface area (Å²) in [4.78, 5) is 14.8. The molecule has 0 unspecified atom stereocenters. The molecule has 0 radical (unpaired) electrons. The minimum absolute atomic E-state index is 0.0755. The summed E-state index contributed by atoms with van der Waals surface area (Å²) in [7, 11) is 1.61. The van der Waals surface area contributed by atoms with E-state index in [0.29, 0.717) is 12.3 Å². The van der Waals surface area contributed by atoms with Gasteiger partial charge in [-0.3, -0.25) is 4.79 Å². The molecule has 0 spiro atoms. The lowest BCUT2D eigenvalue weighted by atomic mass is 10.00. The van der Waals surface area contributed by atoms with E-state index in [1.165, 1.54) is 32.2 Å². The highest BCUT2D eigenvalue weighted by molar-refractivity contribution is 5.80. The van der Waals surface area contributed by atoms with Crippen molar-refractivity contribution >= 4 is 5.91 Å². The van der Waals surface area contributed by atoms with Gasteiger partial charge in [0.25, 0.3) is 5.91 Å². The van der Waals surface area contributed by atoms with Gasteiger partial charge in [0, 0.05) is 25.2 Å². The van der Waals surface area contributed by atoms with Crippen molar-refractivity contribution in [2.75, 3.05) is 26.7 Å². The minimum atomic E-state index is -0.523. The van der Waals surface area contributed by atoms with Crippen LogP contribution in [0, 0.1) is 0 Å². The summed E-state index contributed by atoms with van der Waals surface area (Å²) in [5, 5.41) is 2.98. The molecule has 0 saturated carbocycles. The predicted molar refractivity (Wildman–Crippen MR) is 100 cm³/mol. The molecule has 1 aromatic rings. The standard InChI is InChI=1S/C20H32N2O3/c1-4-17-9-5-6-13-22(17)14-8-12-21-20(23)16(2)25-19-11-7-10-18(15-19)24-3/h7,10-11,15-17H,4-6,8-9,12-14H2,1-3H3,(H,21,23)/t16-,17+/m1/s1. The van der Waals surface area contributed by atoms with Crippen molar-refractivity contribution in [1.82, 2.24) is 10.2 Å². The number of ether oxygens (including phenoxy) is 2. The minimum Gasteiger partial charge on any atom is -0.497 e. The molecule has 5 nitrogen and oxygen atoms in total. The number of amides is 1. The highest BCUT2D eigenvalue weighted by atomic mass is 16.5. The quantitative estimate of drug-likeness (QED) is 0.696. The Kier molecular flexibility index (Phi) is 8.06. The molecule has 1 fully saturated rings. The molecule has 1 saturated heterocycles.